The lowest BCUT2D eigenvalue weighted by atomic mass is 9.84. The summed E-state index contributed by atoms with van der Waals surface area (Å²) in [6.07, 6.45) is 11.6. The minimum absolute atomic E-state index is 0.866. The van der Waals surface area contributed by atoms with E-state index in [1.807, 2.05) is 0 Å². The fourth-order valence-electron chi connectivity index (χ4n) is 3.62. The van der Waals surface area contributed by atoms with E-state index in [9.17, 15) is 0 Å². The van der Waals surface area contributed by atoms with Crippen molar-refractivity contribution in [3.8, 4) is 0 Å². The van der Waals surface area contributed by atoms with E-state index in [1.165, 1.54) is 51.4 Å². The molecule has 0 aromatic carbocycles. The molecule has 0 saturated carbocycles. The van der Waals surface area contributed by atoms with Crippen LogP contribution in [0, 0.1) is 0 Å². The smallest absolute Gasteiger partial charge is 0.0101 e. The van der Waals surface area contributed by atoms with Gasteiger partial charge in [0.1, 0.15) is 0 Å². The zero-order valence-electron chi connectivity index (χ0n) is 9.84. The van der Waals surface area contributed by atoms with Gasteiger partial charge in [0.25, 0.3) is 0 Å². The Kier molecular flexibility index (Phi) is 3.48. The average Bonchev–Trinajstić information content (AvgIpc) is 2.19. The van der Waals surface area contributed by atoms with Gasteiger partial charge in [-0.15, -0.1) is 0 Å². The molecule has 0 aromatic rings. The molecule has 0 spiro atoms. The van der Waals surface area contributed by atoms with Crippen LogP contribution >= 0.6 is 0 Å². The first-order valence-corrected chi connectivity index (χ1v) is 6.60. The fraction of sp³-hybridized carbons (Fsp3) is 1.00. The molecular formula is C13H25N. The molecule has 1 heteroatoms. The summed E-state index contributed by atoms with van der Waals surface area (Å²) in [4.78, 5) is 2.87. The second-order valence-electron chi connectivity index (χ2n) is 5.25. The van der Waals surface area contributed by atoms with Gasteiger partial charge in [0, 0.05) is 18.1 Å². The molecule has 0 radical (unpaired) electrons. The lowest BCUT2D eigenvalue weighted by Gasteiger charge is -2.49. The standard InChI is InChI=1S/C13H25N/c1-3-6-12-9-5-10-13-8-4-7-11(2)14(12)13/h11-13H,3-10H2,1-2H3/t11-,12+,13+/m0/s1. The van der Waals surface area contributed by atoms with Crippen LogP contribution in [0.3, 0.4) is 0 Å². The first-order valence-electron chi connectivity index (χ1n) is 6.60. The molecule has 14 heavy (non-hydrogen) atoms. The molecule has 0 aliphatic carbocycles. The lowest BCUT2D eigenvalue weighted by Crippen LogP contribution is -2.53. The second kappa shape index (κ2) is 4.65. The number of piperidine rings is 2. The van der Waals surface area contributed by atoms with Crippen molar-refractivity contribution in [3.05, 3.63) is 0 Å². The van der Waals surface area contributed by atoms with E-state index >= 15 is 0 Å². The molecule has 2 aliphatic heterocycles. The molecule has 0 amide bonds. The van der Waals surface area contributed by atoms with Crippen molar-refractivity contribution in [2.75, 3.05) is 0 Å². The number of hydrogen-bond donors (Lipinski definition) is 0. The van der Waals surface area contributed by atoms with Gasteiger partial charge in [0.2, 0.25) is 0 Å². The highest BCUT2D eigenvalue weighted by Crippen LogP contribution is 2.35. The van der Waals surface area contributed by atoms with Crippen molar-refractivity contribution in [2.24, 2.45) is 0 Å². The Morgan fingerprint density at radius 2 is 1.79 bits per heavy atom. The minimum atomic E-state index is 0.866. The van der Waals surface area contributed by atoms with Crippen LogP contribution in [0.15, 0.2) is 0 Å². The lowest BCUT2D eigenvalue weighted by molar-refractivity contribution is 0.00763. The molecule has 0 bridgehead atoms. The Labute approximate surface area is 88.9 Å². The Hall–Kier alpha value is -0.0400. The largest absolute Gasteiger partial charge is 0.295 e. The van der Waals surface area contributed by atoms with Gasteiger partial charge in [-0.25, -0.2) is 0 Å². The maximum absolute atomic E-state index is 2.87. The molecular weight excluding hydrogens is 170 g/mol. The van der Waals surface area contributed by atoms with E-state index in [0.29, 0.717) is 0 Å². The fourth-order valence-corrected chi connectivity index (χ4v) is 3.62. The zero-order chi connectivity index (χ0) is 9.97. The van der Waals surface area contributed by atoms with Crippen molar-refractivity contribution in [1.29, 1.82) is 0 Å². The molecule has 0 unspecified atom stereocenters. The van der Waals surface area contributed by atoms with Crippen molar-refractivity contribution < 1.29 is 0 Å². The SMILES string of the molecule is CCC[C@@H]1CCC[C@H]2CCC[C@H](C)N21. The van der Waals surface area contributed by atoms with E-state index in [2.05, 4.69) is 18.7 Å². The van der Waals surface area contributed by atoms with Crippen LogP contribution in [0.5, 0.6) is 0 Å². The number of rotatable bonds is 2. The van der Waals surface area contributed by atoms with Crippen LogP contribution in [-0.2, 0) is 0 Å². The maximum Gasteiger partial charge on any atom is 0.0101 e. The molecule has 2 rings (SSSR count). The average molecular weight is 195 g/mol. The Bertz CT molecular complexity index is 174. The first kappa shape index (κ1) is 10.5. The molecule has 82 valence electrons. The number of hydrogen-bond acceptors (Lipinski definition) is 1. The van der Waals surface area contributed by atoms with Gasteiger partial charge in [-0.2, -0.15) is 0 Å². The van der Waals surface area contributed by atoms with E-state index in [1.54, 1.807) is 0 Å². The normalized spacial score (nSPS) is 39.4. The summed E-state index contributed by atoms with van der Waals surface area (Å²) in [6, 6.07) is 2.74. The summed E-state index contributed by atoms with van der Waals surface area (Å²) in [7, 11) is 0. The molecule has 2 saturated heterocycles. The van der Waals surface area contributed by atoms with E-state index < -0.39 is 0 Å². The molecule has 2 fully saturated rings. The van der Waals surface area contributed by atoms with Crippen LogP contribution in [-0.4, -0.2) is 23.0 Å². The molecule has 1 nitrogen and oxygen atoms in total. The summed E-state index contributed by atoms with van der Waals surface area (Å²) in [6.45, 7) is 4.78. The Morgan fingerprint density at radius 1 is 1.07 bits per heavy atom. The first-order chi connectivity index (χ1) is 6.83. The van der Waals surface area contributed by atoms with Crippen LogP contribution in [0.25, 0.3) is 0 Å². The number of fused-ring (bicyclic) bond motifs is 1. The molecule has 2 aliphatic rings. The number of nitrogens with zero attached hydrogens (tertiary/aromatic N) is 1. The highest BCUT2D eigenvalue weighted by atomic mass is 15.2. The Morgan fingerprint density at radius 3 is 2.50 bits per heavy atom. The summed E-state index contributed by atoms with van der Waals surface area (Å²) in [5.41, 5.74) is 0. The minimum Gasteiger partial charge on any atom is -0.295 e. The zero-order valence-corrected chi connectivity index (χ0v) is 9.84. The molecule has 0 aromatic heterocycles. The monoisotopic (exact) mass is 195 g/mol. The van der Waals surface area contributed by atoms with E-state index in [-0.39, 0.29) is 0 Å². The van der Waals surface area contributed by atoms with Gasteiger partial charge in [-0.05, 0) is 39.0 Å². The highest BCUT2D eigenvalue weighted by Gasteiger charge is 2.35. The molecule has 2 heterocycles. The van der Waals surface area contributed by atoms with Crippen LogP contribution < -0.4 is 0 Å². The van der Waals surface area contributed by atoms with Crippen molar-refractivity contribution in [1.82, 2.24) is 4.90 Å². The van der Waals surface area contributed by atoms with E-state index in [4.69, 9.17) is 0 Å². The van der Waals surface area contributed by atoms with Crippen molar-refractivity contribution >= 4 is 0 Å². The maximum atomic E-state index is 2.87. The van der Waals surface area contributed by atoms with Gasteiger partial charge >= 0.3 is 0 Å². The van der Waals surface area contributed by atoms with Gasteiger partial charge in [-0.3, -0.25) is 4.90 Å². The molecule has 0 N–H and O–H groups in total. The van der Waals surface area contributed by atoms with Crippen LogP contribution in [0.4, 0.5) is 0 Å². The topological polar surface area (TPSA) is 3.24 Å². The van der Waals surface area contributed by atoms with Crippen LogP contribution in [0.2, 0.25) is 0 Å². The third kappa shape index (κ3) is 1.98. The summed E-state index contributed by atoms with van der Waals surface area (Å²) in [5, 5.41) is 0. The molecule has 3 atom stereocenters. The van der Waals surface area contributed by atoms with Gasteiger partial charge in [0.15, 0.2) is 0 Å². The third-order valence-corrected chi connectivity index (χ3v) is 4.21. The van der Waals surface area contributed by atoms with E-state index in [0.717, 1.165) is 18.1 Å². The highest BCUT2D eigenvalue weighted by molar-refractivity contribution is 4.90. The predicted octanol–water partition coefficient (Wildman–Crippen LogP) is 3.58. The van der Waals surface area contributed by atoms with Gasteiger partial charge in [0.05, 0.1) is 0 Å². The second-order valence-corrected chi connectivity index (χ2v) is 5.25. The summed E-state index contributed by atoms with van der Waals surface area (Å²) >= 11 is 0. The Balaban J connectivity index is 2.02. The van der Waals surface area contributed by atoms with Gasteiger partial charge in [-0.1, -0.05) is 26.2 Å². The van der Waals surface area contributed by atoms with Crippen molar-refractivity contribution in [2.45, 2.75) is 83.3 Å². The third-order valence-electron chi connectivity index (χ3n) is 4.21. The quantitative estimate of drug-likeness (QED) is 0.651. The van der Waals surface area contributed by atoms with Gasteiger partial charge < -0.3 is 0 Å². The summed E-state index contributed by atoms with van der Waals surface area (Å²) in [5.74, 6) is 0. The van der Waals surface area contributed by atoms with Crippen LogP contribution in [0.1, 0.15) is 65.2 Å². The summed E-state index contributed by atoms with van der Waals surface area (Å²) < 4.78 is 0. The van der Waals surface area contributed by atoms with Crippen molar-refractivity contribution in [3.63, 3.8) is 0 Å². The predicted molar refractivity (Wildman–Crippen MR) is 61.5 cm³/mol.